The molecule has 1 saturated heterocycles. The van der Waals surface area contributed by atoms with Crippen molar-refractivity contribution in [1.82, 2.24) is 0 Å². The van der Waals surface area contributed by atoms with Crippen molar-refractivity contribution < 1.29 is 18.3 Å². The molecule has 126 valence electrons. The van der Waals surface area contributed by atoms with Crippen LogP contribution >= 0.6 is 11.6 Å². The van der Waals surface area contributed by atoms with E-state index in [1.54, 1.807) is 12.1 Å². The molecule has 0 aliphatic carbocycles. The summed E-state index contributed by atoms with van der Waals surface area (Å²) < 4.78 is 31.6. The lowest BCUT2D eigenvalue weighted by molar-refractivity contribution is 0.102. The van der Waals surface area contributed by atoms with Crippen molar-refractivity contribution in [1.29, 1.82) is 0 Å². The smallest absolute Gasteiger partial charge is 0.255 e. The highest BCUT2D eigenvalue weighted by Crippen LogP contribution is 2.30. The Kier molecular flexibility index (Phi) is 4.97. The molecule has 0 radical (unpaired) electrons. The predicted molar refractivity (Wildman–Crippen MR) is 88.8 cm³/mol. The van der Waals surface area contributed by atoms with E-state index in [2.05, 4.69) is 10.2 Å². The summed E-state index contributed by atoms with van der Waals surface area (Å²) >= 11 is 6.03. The molecule has 1 amide bonds. The van der Waals surface area contributed by atoms with Crippen molar-refractivity contribution in [3.05, 3.63) is 58.6 Å². The molecule has 0 atom stereocenters. The fourth-order valence-electron chi connectivity index (χ4n) is 2.52. The molecule has 1 heterocycles. The molecule has 4 nitrogen and oxygen atoms in total. The van der Waals surface area contributed by atoms with E-state index in [1.165, 1.54) is 6.07 Å². The fourth-order valence-corrected chi connectivity index (χ4v) is 2.69. The molecule has 1 aliphatic rings. The Hall–Kier alpha value is -2.18. The van der Waals surface area contributed by atoms with Crippen LogP contribution in [0.2, 0.25) is 5.02 Å². The van der Waals surface area contributed by atoms with Crippen molar-refractivity contribution in [2.75, 3.05) is 36.5 Å². The Morgan fingerprint density at radius 2 is 1.83 bits per heavy atom. The largest absolute Gasteiger partial charge is 0.378 e. The molecule has 1 aliphatic heterocycles. The van der Waals surface area contributed by atoms with Crippen molar-refractivity contribution in [3.63, 3.8) is 0 Å². The highest BCUT2D eigenvalue weighted by molar-refractivity contribution is 6.31. The first-order chi connectivity index (χ1) is 11.5. The average Bonchev–Trinajstić information content (AvgIpc) is 2.58. The van der Waals surface area contributed by atoms with Gasteiger partial charge in [0.25, 0.3) is 5.91 Å². The van der Waals surface area contributed by atoms with Crippen LogP contribution in [0.5, 0.6) is 0 Å². The summed E-state index contributed by atoms with van der Waals surface area (Å²) in [6, 6.07) is 8.19. The first-order valence-electron chi connectivity index (χ1n) is 7.43. The van der Waals surface area contributed by atoms with Gasteiger partial charge in [-0.05, 0) is 36.4 Å². The molecule has 0 spiro atoms. The lowest BCUT2D eigenvalue weighted by atomic mass is 10.1. The maximum absolute atomic E-state index is 13.3. The van der Waals surface area contributed by atoms with E-state index in [-0.39, 0.29) is 5.56 Å². The summed E-state index contributed by atoms with van der Waals surface area (Å²) in [4.78, 5) is 14.4. The zero-order valence-electron chi connectivity index (χ0n) is 12.7. The number of hydrogen-bond acceptors (Lipinski definition) is 3. The number of carbonyl (C=O) groups excluding carboxylic acids is 1. The van der Waals surface area contributed by atoms with Gasteiger partial charge in [-0.15, -0.1) is 0 Å². The van der Waals surface area contributed by atoms with Gasteiger partial charge in [0.15, 0.2) is 11.6 Å². The van der Waals surface area contributed by atoms with E-state index in [1.807, 2.05) is 6.07 Å². The lowest BCUT2D eigenvalue weighted by Crippen LogP contribution is -2.36. The second-order valence-corrected chi connectivity index (χ2v) is 5.78. The minimum atomic E-state index is -1.07. The number of morpholine rings is 1. The Morgan fingerprint density at radius 3 is 2.54 bits per heavy atom. The maximum Gasteiger partial charge on any atom is 0.255 e. The summed E-state index contributed by atoms with van der Waals surface area (Å²) in [6.07, 6.45) is 0. The summed E-state index contributed by atoms with van der Waals surface area (Å²) in [5.74, 6) is -2.60. The predicted octanol–water partition coefficient (Wildman–Crippen LogP) is 3.71. The van der Waals surface area contributed by atoms with Crippen LogP contribution in [-0.4, -0.2) is 32.2 Å². The van der Waals surface area contributed by atoms with E-state index in [4.69, 9.17) is 16.3 Å². The quantitative estimate of drug-likeness (QED) is 0.915. The number of halogens is 3. The van der Waals surface area contributed by atoms with Crippen molar-refractivity contribution in [2.45, 2.75) is 0 Å². The van der Waals surface area contributed by atoms with Gasteiger partial charge in [-0.1, -0.05) is 11.6 Å². The van der Waals surface area contributed by atoms with Crippen LogP contribution in [0.3, 0.4) is 0 Å². The molecular formula is C17H15ClF2N2O2. The molecule has 0 bridgehead atoms. The summed E-state index contributed by atoms with van der Waals surface area (Å²) in [5, 5.41) is 3.18. The van der Waals surface area contributed by atoms with Gasteiger partial charge in [0, 0.05) is 23.7 Å². The summed E-state index contributed by atoms with van der Waals surface area (Å²) in [6.45, 7) is 2.57. The zero-order chi connectivity index (χ0) is 17.1. The van der Waals surface area contributed by atoms with Gasteiger partial charge in [0.1, 0.15) is 0 Å². The van der Waals surface area contributed by atoms with Crippen molar-refractivity contribution in [3.8, 4) is 0 Å². The van der Waals surface area contributed by atoms with Gasteiger partial charge in [-0.3, -0.25) is 4.79 Å². The number of rotatable bonds is 3. The molecular weight excluding hydrogens is 338 g/mol. The maximum atomic E-state index is 13.3. The van der Waals surface area contributed by atoms with E-state index < -0.39 is 17.5 Å². The van der Waals surface area contributed by atoms with Gasteiger partial charge in [-0.25, -0.2) is 8.78 Å². The van der Waals surface area contributed by atoms with Crippen LogP contribution in [0.1, 0.15) is 10.4 Å². The summed E-state index contributed by atoms with van der Waals surface area (Å²) in [7, 11) is 0. The number of nitrogens with one attached hydrogen (secondary N) is 1. The third-order valence-corrected chi connectivity index (χ3v) is 3.98. The number of ether oxygens (including phenoxy) is 1. The topological polar surface area (TPSA) is 41.6 Å². The first kappa shape index (κ1) is 16.7. The Bertz CT molecular complexity index is 764. The lowest BCUT2D eigenvalue weighted by Gasteiger charge is -2.30. The van der Waals surface area contributed by atoms with Gasteiger partial charge in [0.05, 0.1) is 24.6 Å². The van der Waals surface area contributed by atoms with E-state index >= 15 is 0 Å². The number of carbonyl (C=O) groups is 1. The Morgan fingerprint density at radius 1 is 1.08 bits per heavy atom. The van der Waals surface area contributed by atoms with Crippen LogP contribution in [-0.2, 0) is 4.74 Å². The number of benzene rings is 2. The molecule has 1 N–H and O–H groups in total. The van der Waals surface area contributed by atoms with Crippen LogP contribution < -0.4 is 10.2 Å². The van der Waals surface area contributed by atoms with Crippen LogP contribution in [0.15, 0.2) is 36.4 Å². The van der Waals surface area contributed by atoms with Crippen LogP contribution in [0.4, 0.5) is 20.2 Å². The van der Waals surface area contributed by atoms with Crippen LogP contribution in [0.25, 0.3) is 0 Å². The molecule has 0 aromatic heterocycles. The second kappa shape index (κ2) is 7.15. The van der Waals surface area contributed by atoms with E-state index in [0.29, 0.717) is 37.0 Å². The molecule has 1 fully saturated rings. The molecule has 7 heteroatoms. The van der Waals surface area contributed by atoms with Crippen molar-refractivity contribution >= 4 is 28.9 Å². The molecule has 3 rings (SSSR count). The first-order valence-corrected chi connectivity index (χ1v) is 7.81. The second-order valence-electron chi connectivity index (χ2n) is 5.34. The Labute approximate surface area is 143 Å². The van der Waals surface area contributed by atoms with Gasteiger partial charge < -0.3 is 15.0 Å². The molecule has 0 saturated carbocycles. The minimum Gasteiger partial charge on any atom is -0.378 e. The third-order valence-electron chi connectivity index (χ3n) is 3.74. The minimum absolute atomic E-state index is 0.0294. The zero-order valence-corrected chi connectivity index (χ0v) is 13.4. The third kappa shape index (κ3) is 3.66. The molecule has 0 unspecified atom stereocenters. The average molecular weight is 353 g/mol. The van der Waals surface area contributed by atoms with E-state index in [0.717, 1.165) is 17.8 Å². The van der Waals surface area contributed by atoms with Crippen LogP contribution in [0, 0.1) is 11.6 Å². The van der Waals surface area contributed by atoms with Gasteiger partial charge in [0.2, 0.25) is 0 Å². The molecule has 2 aromatic rings. The Balaban J connectivity index is 1.86. The molecule has 2 aromatic carbocycles. The highest BCUT2D eigenvalue weighted by atomic mass is 35.5. The number of nitrogens with zero attached hydrogens (tertiary/aromatic N) is 1. The van der Waals surface area contributed by atoms with Gasteiger partial charge >= 0.3 is 0 Å². The molecule has 24 heavy (non-hydrogen) atoms. The van der Waals surface area contributed by atoms with E-state index in [9.17, 15) is 13.6 Å². The van der Waals surface area contributed by atoms with Gasteiger partial charge in [-0.2, -0.15) is 0 Å². The fraction of sp³-hybridized carbons (Fsp3) is 0.235. The van der Waals surface area contributed by atoms with Crippen molar-refractivity contribution in [2.24, 2.45) is 0 Å². The number of hydrogen-bond donors (Lipinski definition) is 1. The normalized spacial score (nSPS) is 14.5. The summed E-state index contributed by atoms with van der Waals surface area (Å²) in [5.41, 5.74) is 1.35. The number of amides is 1. The highest BCUT2D eigenvalue weighted by Gasteiger charge is 2.17. The SMILES string of the molecule is O=C(Nc1cc(Cl)ccc1N1CCOCC1)c1ccc(F)c(F)c1. The standard InChI is InChI=1S/C17H15ClF2N2O2/c18-12-2-4-16(22-5-7-24-8-6-22)15(10-12)21-17(23)11-1-3-13(19)14(20)9-11/h1-4,9-10H,5-8H2,(H,21,23). The number of anilines is 2. The monoisotopic (exact) mass is 352 g/mol.